The topological polar surface area (TPSA) is 55.6 Å². The maximum atomic E-state index is 11.3. The van der Waals surface area contributed by atoms with Crippen LogP contribution in [-0.2, 0) is 17.9 Å². The third-order valence-electron chi connectivity index (χ3n) is 3.53. The lowest BCUT2D eigenvalue weighted by Gasteiger charge is -2.26. The number of piperidine rings is 1. The number of ether oxygens (including phenoxy) is 1. The van der Waals surface area contributed by atoms with Crippen LogP contribution >= 0.6 is 0 Å². The molecule has 4 heteroatoms. The van der Waals surface area contributed by atoms with Gasteiger partial charge in [-0.2, -0.15) is 0 Å². The fourth-order valence-electron chi connectivity index (χ4n) is 2.45. The lowest BCUT2D eigenvalue weighted by Crippen LogP contribution is -2.33. The van der Waals surface area contributed by atoms with Gasteiger partial charge < -0.3 is 10.5 Å². The molecule has 0 aromatic heterocycles. The quantitative estimate of drug-likeness (QED) is 0.895. The highest BCUT2D eigenvalue weighted by Crippen LogP contribution is 2.23. The minimum absolute atomic E-state index is 0.142. The van der Waals surface area contributed by atoms with Crippen molar-refractivity contribution in [2.24, 2.45) is 5.73 Å². The SMILES string of the molecule is CC(C)Oc1cc(CN2CCC(=O)CC2)ccc1CN. The van der Waals surface area contributed by atoms with Crippen LogP contribution < -0.4 is 10.5 Å². The standard InChI is InChI=1S/C16H24N2O2/c1-12(2)20-16-9-13(3-4-14(16)10-17)11-18-7-5-15(19)6-8-18/h3-4,9,12H,5-8,10-11,17H2,1-2H3. The summed E-state index contributed by atoms with van der Waals surface area (Å²) in [6, 6.07) is 6.23. The number of nitrogens with two attached hydrogens (primary N) is 1. The summed E-state index contributed by atoms with van der Waals surface area (Å²) in [6.45, 7) is 7.11. The van der Waals surface area contributed by atoms with Crippen molar-refractivity contribution < 1.29 is 9.53 Å². The molecule has 1 aromatic rings. The Labute approximate surface area is 120 Å². The first kappa shape index (κ1) is 15.0. The number of rotatable bonds is 5. The first-order valence-electron chi connectivity index (χ1n) is 7.31. The first-order valence-corrected chi connectivity index (χ1v) is 7.31. The van der Waals surface area contributed by atoms with Crippen LogP contribution in [0.5, 0.6) is 5.75 Å². The minimum atomic E-state index is 0.142. The van der Waals surface area contributed by atoms with Gasteiger partial charge in [-0.1, -0.05) is 12.1 Å². The molecule has 1 aliphatic heterocycles. The fraction of sp³-hybridized carbons (Fsp3) is 0.562. The molecule has 1 aliphatic rings. The van der Waals surface area contributed by atoms with Gasteiger partial charge in [-0.15, -0.1) is 0 Å². The summed E-state index contributed by atoms with van der Waals surface area (Å²) >= 11 is 0. The van der Waals surface area contributed by atoms with E-state index in [4.69, 9.17) is 10.5 Å². The van der Waals surface area contributed by atoms with Crippen molar-refractivity contribution >= 4 is 5.78 Å². The molecule has 0 spiro atoms. The van der Waals surface area contributed by atoms with E-state index < -0.39 is 0 Å². The van der Waals surface area contributed by atoms with Crippen LogP contribution in [0.15, 0.2) is 18.2 Å². The predicted molar refractivity (Wildman–Crippen MR) is 79.6 cm³/mol. The van der Waals surface area contributed by atoms with Gasteiger partial charge in [-0.3, -0.25) is 9.69 Å². The second-order valence-electron chi connectivity index (χ2n) is 5.63. The summed E-state index contributed by atoms with van der Waals surface area (Å²) in [6.07, 6.45) is 1.50. The van der Waals surface area contributed by atoms with Crippen LogP contribution in [0.3, 0.4) is 0 Å². The molecule has 1 aromatic carbocycles. The molecule has 0 saturated carbocycles. The number of hydrogen-bond acceptors (Lipinski definition) is 4. The van der Waals surface area contributed by atoms with Gasteiger partial charge in [0.2, 0.25) is 0 Å². The Kier molecular flexibility index (Phi) is 5.15. The summed E-state index contributed by atoms with van der Waals surface area (Å²) in [5.41, 5.74) is 8.00. The van der Waals surface area contributed by atoms with E-state index in [0.29, 0.717) is 25.2 Å². The molecule has 0 unspecified atom stereocenters. The number of carbonyl (C=O) groups is 1. The van der Waals surface area contributed by atoms with E-state index in [1.807, 2.05) is 19.9 Å². The summed E-state index contributed by atoms with van der Waals surface area (Å²) in [5.74, 6) is 1.26. The van der Waals surface area contributed by atoms with Crippen molar-refractivity contribution in [3.05, 3.63) is 29.3 Å². The summed E-state index contributed by atoms with van der Waals surface area (Å²) in [4.78, 5) is 13.6. The van der Waals surface area contributed by atoms with Gasteiger partial charge in [-0.25, -0.2) is 0 Å². The van der Waals surface area contributed by atoms with Gasteiger partial charge in [-0.05, 0) is 25.5 Å². The maximum absolute atomic E-state index is 11.3. The largest absolute Gasteiger partial charge is 0.491 e. The van der Waals surface area contributed by atoms with Crippen molar-refractivity contribution in [3.63, 3.8) is 0 Å². The van der Waals surface area contributed by atoms with Crippen LogP contribution in [0.1, 0.15) is 37.8 Å². The summed E-state index contributed by atoms with van der Waals surface area (Å²) in [5, 5.41) is 0. The molecule has 2 rings (SSSR count). The number of benzene rings is 1. The molecule has 1 saturated heterocycles. The molecule has 20 heavy (non-hydrogen) atoms. The number of likely N-dealkylation sites (tertiary alicyclic amines) is 1. The smallest absolute Gasteiger partial charge is 0.135 e. The minimum Gasteiger partial charge on any atom is -0.491 e. The highest BCUT2D eigenvalue weighted by atomic mass is 16.5. The molecule has 0 atom stereocenters. The molecule has 0 bridgehead atoms. The number of Topliss-reactive ketones (excluding diaryl/α,β-unsaturated/α-hetero) is 1. The first-order chi connectivity index (χ1) is 9.58. The van der Waals surface area contributed by atoms with E-state index in [2.05, 4.69) is 17.0 Å². The Morgan fingerprint density at radius 2 is 2.00 bits per heavy atom. The number of carbonyl (C=O) groups excluding carboxylic acids is 1. The molecule has 0 amide bonds. The van der Waals surface area contributed by atoms with Gasteiger partial charge in [0, 0.05) is 44.6 Å². The van der Waals surface area contributed by atoms with Crippen LogP contribution in [-0.4, -0.2) is 29.9 Å². The van der Waals surface area contributed by atoms with Crippen LogP contribution in [0.25, 0.3) is 0 Å². The van der Waals surface area contributed by atoms with Gasteiger partial charge in [0.1, 0.15) is 11.5 Å². The lowest BCUT2D eigenvalue weighted by molar-refractivity contribution is -0.121. The molecule has 110 valence electrons. The third kappa shape index (κ3) is 4.05. The average molecular weight is 276 g/mol. The highest BCUT2D eigenvalue weighted by Gasteiger charge is 2.16. The second kappa shape index (κ2) is 6.86. The van der Waals surface area contributed by atoms with Crippen molar-refractivity contribution in [2.75, 3.05) is 13.1 Å². The molecule has 1 heterocycles. The zero-order valence-corrected chi connectivity index (χ0v) is 12.4. The molecular weight excluding hydrogens is 252 g/mol. The van der Waals surface area contributed by atoms with Gasteiger partial charge in [0.25, 0.3) is 0 Å². The zero-order valence-electron chi connectivity index (χ0n) is 12.4. The monoisotopic (exact) mass is 276 g/mol. The highest BCUT2D eigenvalue weighted by molar-refractivity contribution is 5.79. The number of ketones is 1. The van der Waals surface area contributed by atoms with E-state index >= 15 is 0 Å². The predicted octanol–water partition coefficient (Wildman–Crippen LogP) is 2.10. The maximum Gasteiger partial charge on any atom is 0.135 e. The summed E-state index contributed by atoms with van der Waals surface area (Å²) in [7, 11) is 0. The average Bonchev–Trinajstić information content (AvgIpc) is 2.41. The molecular formula is C16H24N2O2. The van der Waals surface area contributed by atoms with Crippen molar-refractivity contribution in [2.45, 2.75) is 45.9 Å². The fourth-order valence-corrected chi connectivity index (χ4v) is 2.45. The van der Waals surface area contributed by atoms with Gasteiger partial charge in [0.05, 0.1) is 6.10 Å². The Hall–Kier alpha value is -1.39. The normalized spacial score (nSPS) is 16.7. The van der Waals surface area contributed by atoms with Crippen molar-refractivity contribution in [3.8, 4) is 5.75 Å². The van der Waals surface area contributed by atoms with Crippen LogP contribution in [0.2, 0.25) is 0 Å². The zero-order chi connectivity index (χ0) is 14.5. The van der Waals surface area contributed by atoms with Gasteiger partial charge >= 0.3 is 0 Å². The second-order valence-corrected chi connectivity index (χ2v) is 5.63. The molecule has 1 fully saturated rings. The number of nitrogens with zero attached hydrogens (tertiary/aromatic N) is 1. The van der Waals surface area contributed by atoms with Crippen LogP contribution in [0.4, 0.5) is 0 Å². The van der Waals surface area contributed by atoms with Crippen molar-refractivity contribution in [1.82, 2.24) is 4.90 Å². The van der Waals surface area contributed by atoms with E-state index in [0.717, 1.165) is 30.9 Å². The summed E-state index contributed by atoms with van der Waals surface area (Å²) < 4.78 is 5.83. The van der Waals surface area contributed by atoms with Crippen LogP contribution in [0, 0.1) is 0 Å². The Bertz CT molecular complexity index is 462. The Balaban J connectivity index is 2.06. The van der Waals surface area contributed by atoms with E-state index in [1.54, 1.807) is 0 Å². The van der Waals surface area contributed by atoms with Gasteiger partial charge in [0.15, 0.2) is 0 Å². The molecule has 2 N–H and O–H groups in total. The van der Waals surface area contributed by atoms with E-state index in [1.165, 1.54) is 5.56 Å². The number of hydrogen-bond donors (Lipinski definition) is 1. The molecule has 0 radical (unpaired) electrons. The lowest BCUT2D eigenvalue weighted by atomic mass is 10.1. The van der Waals surface area contributed by atoms with Crippen molar-refractivity contribution in [1.29, 1.82) is 0 Å². The third-order valence-corrected chi connectivity index (χ3v) is 3.53. The van der Waals surface area contributed by atoms with E-state index in [-0.39, 0.29) is 6.10 Å². The molecule has 0 aliphatic carbocycles. The Morgan fingerprint density at radius 3 is 2.60 bits per heavy atom. The Morgan fingerprint density at radius 1 is 1.30 bits per heavy atom. The van der Waals surface area contributed by atoms with E-state index in [9.17, 15) is 4.79 Å². The molecule has 4 nitrogen and oxygen atoms in total.